The zero-order chi connectivity index (χ0) is 13.1. The number of benzene rings is 1. The van der Waals surface area contributed by atoms with E-state index in [-0.39, 0.29) is 11.8 Å². The Morgan fingerprint density at radius 2 is 2.28 bits per heavy atom. The van der Waals surface area contributed by atoms with Crippen molar-refractivity contribution in [1.82, 2.24) is 4.90 Å². The van der Waals surface area contributed by atoms with Gasteiger partial charge in [-0.1, -0.05) is 25.1 Å². The molecule has 0 spiro atoms. The maximum absolute atomic E-state index is 12.2. The summed E-state index contributed by atoms with van der Waals surface area (Å²) < 4.78 is 0. The van der Waals surface area contributed by atoms with Crippen molar-refractivity contribution >= 4 is 11.6 Å². The molecule has 18 heavy (non-hydrogen) atoms. The van der Waals surface area contributed by atoms with Gasteiger partial charge in [-0.2, -0.15) is 0 Å². The van der Waals surface area contributed by atoms with Crippen molar-refractivity contribution in [2.45, 2.75) is 26.7 Å². The zero-order valence-electron chi connectivity index (χ0n) is 11.5. The summed E-state index contributed by atoms with van der Waals surface area (Å²) in [7, 11) is 2.07. The summed E-state index contributed by atoms with van der Waals surface area (Å²) >= 11 is 0. The lowest BCUT2D eigenvalue weighted by atomic mass is 10.0. The third-order valence-electron chi connectivity index (χ3n) is 3.75. The van der Waals surface area contributed by atoms with Gasteiger partial charge in [0.15, 0.2) is 0 Å². The number of rotatable bonds is 3. The van der Waals surface area contributed by atoms with Crippen molar-refractivity contribution in [2.75, 3.05) is 25.5 Å². The Labute approximate surface area is 109 Å². The number of para-hydroxylation sites is 1. The maximum atomic E-state index is 12.2. The van der Waals surface area contributed by atoms with E-state index in [9.17, 15) is 4.79 Å². The highest BCUT2D eigenvalue weighted by molar-refractivity contribution is 5.94. The monoisotopic (exact) mass is 246 g/mol. The highest BCUT2D eigenvalue weighted by atomic mass is 16.1. The van der Waals surface area contributed by atoms with Gasteiger partial charge in [0.25, 0.3) is 0 Å². The average molecular weight is 246 g/mol. The first-order chi connectivity index (χ1) is 8.61. The number of likely N-dealkylation sites (tertiary alicyclic amines) is 1. The van der Waals surface area contributed by atoms with Gasteiger partial charge in [-0.3, -0.25) is 4.79 Å². The predicted molar refractivity (Wildman–Crippen MR) is 74.8 cm³/mol. The molecule has 3 heteroatoms. The van der Waals surface area contributed by atoms with Crippen LogP contribution in [0.25, 0.3) is 0 Å². The molecular weight excluding hydrogens is 224 g/mol. The lowest BCUT2D eigenvalue weighted by Gasteiger charge is -2.16. The van der Waals surface area contributed by atoms with E-state index in [1.54, 1.807) is 0 Å². The van der Waals surface area contributed by atoms with Crippen LogP contribution in [-0.4, -0.2) is 30.9 Å². The van der Waals surface area contributed by atoms with Crippen molar-refractivity contribution in [3.05, 3.63) is 29.3 Å². The third kappa shape index (κ3) is 2.72. The van der Waals surface area contributed by atoms with Crippen molar-refractivity contribution in [2.24, 2.45) is 5.92 Å². The molecule has 0 saturated carbocycles. The predicted octanol–water partition coefficient (Wildman–Crippen LogP) is 2.45. The van der Waals surface area contributed by atoms with Gasteiger partial charge in [0.1, 0.15) is 0 Å². The summed E-state index contributed by atoms with van der Waals surface area (Å²) in [5.74, 6) is 0.308. The van der Waals surface area contributed by atoms with Crippen LogP contribution in [0.2, 0.25) is 0 Å². The number of nitrogens with zero attached hydrogens (tertiary/aromatic N) is 1. The molecule has 0 aromatic heterocycles. The van der Waals surface area contributed by atoms with Crippen LogP contribution in [-0.2, 0) is 11.2 Å². The number of nitrogens with one attached hydrogen (secondary N) is 1. The second-order valence-corrected chi connectivity index (χ2v) is 5.20. The topological polar surface area (TPSA) is 32.3 Å². The van der Waals surface area contributed by atoms with Crippen LogP contribution in [0.1, 0.15) is 24.5 Å². The summed E-state index contributed by atoms with van der Waals surface area (Å²) in [6, 6.07) is 6.19. The second kappa shape index (κ2) is 5.53. The van der Waals surface area contributed by atoms with Gasteiger partial charge in [0, 0.05) is 12.2 Å². The van der Waals surface area contributed by atoms with Crippen LogP contribution in [0, 0.1) is 12.8 Å². The minimum atomic E-state index is 0.138. The Kier molecular flexibility index (Phi) is 4.02. The molecule has 1 aromatic rings. The Morgan fingerprint density at radius 1 is 1.50 bits per heavy atom. The summed E-state index contributed by atoms with van der Waals surface area (Å²) in [6.07, 6.45) is 1.91. The van der Waals surface area contributed by atoms with Crippen LogP contribution in [0.3, 0.4) is 0 Å². The van der Waals surface area contributed by atoms with Crippen molar-refractivity contribution in [3.8, 4) is 0 Å². The standard InChI is InChI=1S/C15H22N2O/c1-4-12-7-5-6-11(2)14(12)16-15(18)13-8-9-17(3)10-13/h5-7,13H,4,8-10H2,1-3H3,(H,16,18). The summed E-state index contributed by atoms with van der Waals surface area (Å²) in [5.41, 5.74) is 3.38. The van der Waals surface area contributed by atoms with Gasteiger partial charge < -0.3 is 10.2 Å². The largest absolute Gasteiger partial charge is 0.325 e. The Bertz CT molecular complexity index is 442. The minimum absolute atomic E-state index is 0.138. The molecule has 1 heterocycles. The zero-order valence-corrected chi connectivity index (χ0v) is 11.5. The molecule has 1 aromatic carbocycles. The van der Waals surface area contributed by atoms with E-state index >= 15 is 0 Å². The van der Waals surface area contributed by atoms with E-state index in [1.807, 2.05) is 6.07 Å². The molecule has 98 valence electrons. The number of aryl methyl sites for hydroxylation is 2. The third-order valence-corrected chi connectivity index (χ3v) is 3.75. The van der Waals surface area contributed by atoms with Crippen LogP contribution < -0.4 is 5.32 Å². The molecular formula is C15H22N2O. The molecule has 1 aliphatic rings. The number of carbonyl (C=O) groups excluding carboxylic acids is 1. The fourth-order valence-electron chi connectivity index (χ4n) is 2.58. The first kappa shape index (κ1) is 13.1. The summed E-state index contributed by atoms with van der Waals surface area (Å²) in [5, 5.41) is 3.13. The van der Waals surface area contributed by atoms with E-state index in [1.165, 1.54) is 5.56 Å². The first-order valence-electron chi connectivity index (χ1n) is 6.69. The van der Waals surface area contributed by atoms with Crippen LogP contribution in [0.15, 0.2) is 18.2 Å². The highest BCUT2D eigenvalue weighted by Gasteiger charge is 2.26. The van der Waals surface area contributed by atoms with Crippen molar-refractivity contribution in [1.29, 1.82) is 0 Å². The molecule has 1 unspecified atom stereocenters. The van der Waals surface area contributed by atoms with E-state index in [2.05, 4.69) is 43.2 Å². The number of hydrogen-bond acceptors (Lipinski definition) is 2. The molecule has 0 bridgehead atoms. The van der Waals surface area contributed by atoms with Gasteiger partial charge >= 0.3 is 0 Å². The molecule has 0 radical (unpaired) electrons. The van der Waals surface area contributed by atoms with E-state index in [4.69, 9.17) is 0 Å². The molecule has 0 aliphatic carbocycles. The fraction of sp³-hybridized carbons (Fsp3) is 0.533. The highest BCUT2D eigenvalue weighted by Crippen LogP contribution is 2.23. The lowest BCUT2D eigenvalue weighted by Crippen LogP contribution is -2.26. The maximum Gasteiger partial charge on any atom is 0.228 e. The first-order valence-corrected chi connectivity index (χ1v) is 6.69. The van der Waals surface area contributed by atoms with Gasteiger partial charge in [0.2, 0.25) is 5.91 Å². The number of amides is 1. The Balaban J connectivity index is 2.11. The van der Waals surface area contributed by atoms with E-state index in [0.29, 0.717) is 0 Å². The Morgan fingerprint density at radius 3 is 2.89 bits per heavy atom. The minimum Gasteiger partial charge on any atom is -0.325 e. The van der Waals surface area contributed by atoms with Crippen molar-refractivity contribution in [3.63, 3.8) is 0 Å². The molecule has 1 saturated heterocycles. The van der Waals surface area contributed by atoms with E-state index < -0.39 is 0 Å². The van der Waals surface area contributed by atoms with Crippen molar-refractivity contribution < 1.29 is 4.79 Å². The van der Waals surface area contributed by atoms with E-state index in [0.717, 1.165) is 37.2 Å². The van der Waals surface area contributed by atoms with Gasteiger partial charge in [-0.25, -0.2) is 0 Å². The van der Waals surface area contributed by atoms with Crippen LogP contribution >= 0.6 is 0 Å². The second-order valence-electron chi connectivity index (χ2n) is 5.20. The molecule has 1 aliphatic heterocycles. The van der Waals surface area contributed by atoms with Crippen LogP contribution in [0.5, 0.6) is 0 Å². The van der Waals surface area contributed by atoms with Gasteiger partial charge in [0.05, 0.1) is 5.92 Å². The molecule has 1 amide bonds. The fourth-order valence-corrected chi connectivity index (χ4v) is 2.58. The number of hydrogen-bond donors (Lipinski definition) is 1. The summed E-state index contributed by atoms with van der Waals surface area (Å²) in [4.78, 5) is 14.5. The van der Waals surface area contributed by atoms with Gasteiger partial charge in [-0.15, -0.1) is 0 Å². The number of carbonyl (C=O) groups is 1. The smallest absolute Gasteiger partial charge is 0.228 e. The SMILES string of the molecule is CCc1cccc(C)c1NC(=O)C1CCN(C)C1. The van der Waals surface area contributed by atoms with Gasteiger partial charge in [-0.05, 0) is 44.5 Å². The van der Waals surface area contributed by atoms with Crippen LogP contribution in [0.4, 0.5) is 5.69 Å². The lowest BCUT2D eigenvalue weighted by molar-refractivity contribution is -0.119. The molecule has 2 rings (SSSR count). The quantitative estimate of drug-likeness (QED) is 0.888. The molecule has 1 N–H and O–H groups in total. The Hall–Kier alpha value is -1.35. The molecule has 1 fully saturated rings. The normalized spacial score (nSPS) is 20.1. The molecule has 3 nitrogen and oxygen atoms in total. The average Bonchev–Trinajstić information content (AvgIpc) is 2.78. The summed E-state index contributed by atoms with van der Waals surface area (Å²) in [6.45, 7) is 6.06. The molecule has 1 atom stereocenters. The number of anilines is 1.